The van der Waals surface area contributed by atoms with Gasteiger partial charge in [-0.1, -0.05) is 52.0 Å². The first-order valence-corrected chi connectivity index (χ1v) is 6.15. The summed E-state index contributed by atoms with van der Waals surface area (Å²) in [6.07, 6.45) is 2.21. The Hall–Kier alpha value is -1.11. The third-order valence-electron chi connectivity index (χ3n) is 3.37. The van der Waals surface area contributed by atoms with Crippen molar-refractivity contribution < 1.29 is 4.79 Å². The van der Waals surface area contributed by atoms with Gasteiger partial charge in [0, 0.05) is 5.92 Å². The number of carbonyl (C=O) groups is 1. The van der Waals surface area contributed by atoms with E-state index in [1.54, 1.807) is 0 Å². The standard InChI is InChI=1S/C15H22O/c1-5-12(4)13-6-8-14(9-7-13)15(10-16)11(2)3/h6-12,15H,5H2,1-4H3. The zero-order valence-electron chi connectivity index (χ0n) is 10.7. The molecule has 2 atom stereocenters. The molecule has 0 radical (unpaired) electrons. The molecule has 0 bridgehead atoms. The van der Waals surface area contributed by atoms with Crippen LogP contribution in [0.25, 0.3) is 0 Å². The van der Waals surface area contributed by atoms with Crippen molar-refractivity contribution in [3.05, 3.63) is 35.4 Å². The normalized spacial score (nSPS) is 14.8. The Morgan fingerprint density at radius 3 is 1.94 bits per heavy atom. The van der Waals surface area contributed by atoms with Crippen molar-refractivity contribution in [1.29, 1.82) is 0 Å². The fourth-order valence-electron chi connectivity index (χ4n) is 1.90. The van der Waals surface area contributed by atoms with Gasteiger partial charge in [-0.3, -0.25) is 0 Å². The number of hydrogen-bond donors (Lipinski definition) is 0. The minimum Gasteiger partial charge on any atom is -0.303 e. The van der Waals surface area contributed by atoms with Gasteiger partial charge in [0.2, 0.25) is 0 Å². The van der Waals surface area contributed by atoms with E-state index in [0.29, 0.717) is 11.8 Å². The SMILES string of the molecule is CCC(C)c1ccc(C(C=O)C(C)C)cc1. The molecule has 2 unspecified atom stereocenters. The molecule has 1 heteroatoms. The highest BCUT2D eigenvalue weighted by atomic mass is 16.1. The van der Waals surface area contributed by atoms with Gasteiger partial charge in [0.15, 0.2) is 0 Å². The summed E-state index contributed by atoms with van der Waals surface area (Å²) >= 11 is 0. The van der Waals surface area contributed by atoms with Gasteiger partial charge >= 0.3 is 0 Å². The lowest BCUT2D eigenvalue weighted by molar-refractivity contribution is -0.109. The van der Waals surface area contributed by atoms with Crippen molar-refractivity contribution in [3.63, 3.8) is 0 Å². The molecule has 0 aliphatic carbocycles. The fraction of sp³-hybridized carbons (Fsp3) is 0.533. The number of hydrogen-bond acceptors (Lipinski definition) is 1. The van der Waals surface area contributed by atoms with Gasteiger partial charge in [0.05, 0.1) is 0 Å². The van der Waals surface area contributed by atoms with Gasteiger partial charge < -0.3 is 4.79 Å². The average Bonchev–Trinajstić information content (AvgIpc) is 2.29. The van der Waals surface area contributed by atoms with Crippen LogP contribution in [0.3, 0.4) is 0 Å². The fourth-order valence-corrected chi connectivity index (χ4v) is 1.90. The zero-order valence-corrected chi connectivity index (χ0v) is 10.7. The van der Waals surface area contributed by atoms with Crippen LogP contribution < -0.4 is 0 Å². The maximum Gasteiger partial charge on any atom is 0.127 e. The van der Waals surface area contributed by atoms with E-state index in [9.17, 15) is 4.79 Å². The highest BCUT2D eigenvalue weighted by Crippen LogP contribution is 2.25. The summed E-state index contributed by atoms with van der Waals surface area (Å²) in [6, 6.07) is 8.51. The van der Waals surface area contributed by atoms with E-state index >= 15 is 0 Å². The predicted molar refractivity (Wildman–Crippen MR) is 68.8 cm³/mol. The summed E-state index contributed by atoms with van der Waals surface area (Å²) in [5.41, 5.74) is 2.50. The Kier molecular flexibility index (Phi) is 4.72. The van der Waals surface area contributed by atoms with Crippen LogP contribution in [0.15, 0.2) is 24.3 Å². The smallest absolute Gasteiger partial charge is 0.127 e. The first-order valence-electron chi connectivity index (χ1n) is 6.15. The van der Waals surface area contributed by atoms with E-state index in [2.05, 4.69) is 52.0 Å². The molecule has 0 aliphatic heterocycles. The maximum atomic E-state index is 11.0. The molecule has 0 saturated heterocycles. The quantitative estimate of drug-likeness (QED) is 0.679. The van der Waals surface area contributed by atoms with Crippen molar-refractivity contribution in [1.82, 2.24) is 0 Å². The van der Waals surface area contributed by atoms with Crippen LogP contribution in [0, 0.1) is 5.92 Å². The second-order valence-electron chi connectivity index (χ2n) is 4.88. The molecule has 16 heavy (non-hydrogen) atoms. The maximum absolute atomic E-state index is 11.0. The summed E-state index contributed by atoms with van der Waals surface area (Å²) < 4.78 is 0. The van der Waals surface area contributed by atoms with Crippen molar-refractivity contribution in [3.8, 4) is 0 Å². The van der Waals surface area contributed by atoms with E-state index < -0.39 is 0 Å². The second-order valence-corrected chi connectivity index (χ2v) is 4.88. The highest BCUT2D eigenvalue weighted by Gasteiger charge is 2.14. The van der Waals surface area contributed by atoms with Crippen LogP contribution in [-0.4, -0.2) is 6.29 Å². The Bertz CT molecular complexity index is 324. The summed E-state index contributed by atoms with van der Waals surface area (Å²) in [5.74, 6) is 1.00. The lowest BCUT2D eigenvalue weighted by Crippen LogP contribution is -2.08. The van der Waals surface area contributed by atoms with Crippen LogP contribution in [-0.2, 0) is 4.79 Å². The van der Waals surface area contributed by atoms with Gasteiger partial charge in [-0.15, -0.1) is 0 Å². The van der Waals surface area contributed by atoms with Crippen molar-refractivity contribution in [2.45, 2.75) is 46.0 Å². The van der Waals surface area contributed by atoms with E-state index in [4.69, 9.17) is 0 Å². The van der Waals surface area contributed by atoms with Crippen LogP contribution in [0.4, 0.5) is 0 Å². The Morgan fingerprint density at radius 1 is 1.06 bits per heavy atom. The molecule has 1 aromatic rings. The lowest BCUT2D eigenvalue weighted by atomic mass is 9.88. The molecular weight excluding hydrogens is 196 g/mol. The number of rotatable bonds is 5. The molecule has 88 valence electrons. The van der Waals surface area contributed by atoms with E-state index in [0.717, 1.165) is 18.3 Å². The third-order valence-corrected chi connectivity index (χ3v) is 3.37. The highest BCUT2D eigenvalue weighted by molar-refractivity contribution is 5.62. The van der Waals surface area contributed by atoms with Crippen molar-refractivity contribution >= 4 is 6.29 Å². The van der Waals surface area contributed by atoms with Gasteiger partial charge in [-0.2, -0.15) is 0 Å². The predicted octanol–water partition coefficient (Wildman–Crippen LogP) is 4.14. The molecule has 0 saturated carbocycles. The number of aldehydes is 1. The number of carbonyl (C=O) groups excluding carboxylic acids is 1. The average molecular weight is 218 g/mol. The van der Waals surface area contributed by atoms with E-state index in [1.165, 1.54) is 5.56 Å². The Balaban J connectivity index is 2.89. The minimum absolute atomic E-state index is 0.0333. The molecule has 0 heterocycles. The summed E-state index contributed by atoms with van der Waals surface area (Å²) in [7, 11) is 0. The van der Waals surface area contributed by atoms with Crippen LogP contribution in [0.2, 0.25) is 0 Å². The number of benzene rings is 1. The first kappa shape index (κ1) is 13.0. The van der Waals surface area contributed by atoms with Gasteiger partial charge in [0.25, 0.3) is 0 Å². The first-order chi connectivity index (χ1) is 7.60. The molecule has 0 amide bonds. The van der Waals surface area contributed by atoms with Crippen molar-refractivity contribution in [2.24, 2.45) is 5.92 Å². The monoisotopic (exact) mass is 218 g/mol. The topological polar surface area (TPSA) is 17.1 Å². The van der Waals surface area contributed by atoms with Gasteiger partial charge in [-0.05, 0) is 29.4 Å². The van der Waals surface area contributed by atoms with Gasteiger partial charge in [0.1, 0.15) is 6.29 Å². The largest absolute Gasteiger partial charge is 0.303 e. The molecule has 1 rings (SSSR count). The molecule has 1 nitrogen and oxygen atoms in total. The Labute approximate surface area is 98.9 Å². The molecule has 0 fully saturated rings. The molecule has 1 aromatic carbocycles. The molecule has 0 aromatic heterocycles. The summed E-state index contributed by atoms with van der Waals surface area (Å²) in [5, 5.41) is 0. The summed E-state index contributed by atoms with van der Waals surface area (Å²) in [4.78, 5) is 11.0. The Morgan fingerprint density at radius 2 is 1.56 bits per heavy atom. The second kappa shape index (κ2) is 5.83. The zero-order chi connectivity index (χ0) is 12.1. The van der Waals surface area contributed by atoms with E-state index in [-0.39, 0.29) is 5.92 Å². The van der Waals surface area contributed by atoms with Crippen LogP contribution >= 0.6 is 0 Å². The molecular formula is C15H22O. The minimum atomic E-state index is 0.0333. The van der Waals surface area contributed by atoms with Crippen LogP contribution in [0.1, 0.15) is 57.1 Å². The van der Waals surface area contributed by atoms with Crippen LogP contribution in [0.5, 0.6) is 0 Å². The third kappa shape index (κ3) is 2.94. The summed E-state index contributed by atoms with van der Waals surface area (Å²) in [6.45, 7) is 8.60. The molecule has 0 spiro atoms. The lowest BCUT2D eigenvalue weighted by Gasteiger charge is -2.16. The van der Waals surface area contributed by atoms with Crippen molar-refractivity contribution in [2.75, 3.05) is 0 Å². The molecule has 0 N–H and O–H groups in total. The van der Waals surface area contributed by atoms with Gasteiger partial charge in [-0.25, -0.2) is 0 Å². The molecule has 0 aliphatic rings. The van der Waals surface area contributed by atoms with E-state index in [1.807, 2.05) is 0 Å².